The van der Waals surface area contributed by atoms with E-state index in [4.69, 9.17) is 15.9 Å². The van der Waals surface area contributed by atoms with Crippen LogP contribution in [-0.2, 0) is 0 Å². The molecule has 0 amide bonds. The fourth-order valence-electron chi connectivity index (χ4n) is 1.50. The summed E-state index contributed by atoms with van der Waals surface area (Å²) < 4.78 is 19.9. The van der Waals surface area contributed by atoms with E-state index in [1.165, 1.54) is 12.1 Å². The summed E-state index contributed by atoms with van der Waals surface area (Å²) >= 11 is 3.33. The standard InChI is InChI=1S/C13H10BrFN2O/c14-8-4-1-2-6-10(8)18-11-7-3-5-9(15)12(11)13(16)17/h1-7H,(H3,16,17). The lowest BCUT2D eigenvalue weighted by Gasteiger charge is -2.11. The molecule has 0 heterocycles. The van der Waals surface area contributed by atoms with Crippen molar-refractivity contribution in [3.8, 4) is 11.5 Å². The fraction of sp³-hybridized carbons (Fsp3) is 0. The van der Waals surface area contributed by atoms with E-state index >= 15 is 0 Å². The Morgan fingerprint density at radius 2 is 1.78 bits per heavy atom. The second-order valence-corrected chi connectivity index (χ2v) is 4.41. The van der Waals surface area contributed by atoms with Gasteiger partial charge in [0.2, 0.25) is 0 Å². The molecule has 18 heavy (non-hydrogen) atoms. The number of halogens is 2. The summed E-state index contributed by atoms with van der Waals surface area (Å²) in [6.45, 7) is 0. The normalized spacial score (nSPS) is 10.1. The van der Waals surface area contributed by atoms with E-state index in [-0.39, 0.29) is 17.1 Å². The van der Waals surface area contributed by atoms with Crippen molar-refractivity contribution in [2.45, 2.75) is 0 Å². The summed E-state index contributed by atoms with van der Waals surface area (Å²) in [5, 5.41) is 7.38. The molecule has 0 spiro atoms. The monoisotopic (exact) mass is 308 g/mol. The molecule has 0 atom stereocenters. The van der Waals surface area contributed by atoms with Crippen LogP contribution in [0, 0.1) is 11.2 Å². The first-order valence-corrected chi connectivity index (χ1v) is 5.94. The van der Waals surface area contributed by atoms with Gasteiger partial charge in [0.1, 0.15) is 23.2 Å². The highest BCUT2D eigenvalue weighted by Crippen LogP contribution is 2.31. The molecule has 0 bridgehead atoms. The van der Waals surface area contributed by atoms with Crippen molar-refractivity contribution < 1.29 is 9.13 Å². The lowest BCUT2D eigenvalue weighted by Crippen LogP contribution is -2.14. The largest absolute Gasteiger partial charge is 0.455 e. The highest BCUT2D eigenvalue weighted by atomic mass is 79.9. The topological polar surface area (TPSA) is 59.1 Å². The van der Waals surface area contributed by atoms with Crippen molar-refractivity contribution in [1.82, 2.24) is 0 Å². The van der Waals surface area contributed by atoms with Crippen LogP contribution in [-0.4, -0.2) is 5.84 Å². The maximum absolute atomic E-state index is 13.6. The van der Waals surface area contributed by atoms with E-state index in [1.54, 1.807) is 18.2 Å². The van der Waals surface area contributed by atoms with E-state index in [2.05, 4.69) is 15.9 Å². The number of hydrogen-bond donors (Lipinski definition) is 2. The first-order chi connectivity index (χ1) is 8.59. The maximum Gasteiger partial charge on any atom is 0.141 e. The van der Waals surface area contributed by atoms with E-state index in [0.717, 1.165) is 4.47 Å². The molecule has 0 aliphatic rings. The van der Waals surface area contributed by atoms with E-state index in [0.29, 0.717) is 5.75 Å². The van der Waals surface area contributed by atoms with E-state index < -0.39 is 5.82 Å². The molecule has 0 saturated heterocycles. The Balaban J connectivity index is 2.44. The molecule has 0 saturated carbocycles. The summed E-state index contributed by atoms with van der Waals surface area (Å²) in [6, 6.07) is 11.5. The van der Waals surface area contributed by atoms with Crippen molar-refractivity contribution in [1.29, 1.82) is 5.41 Å². The van der Waals surface area contributed by atoms with Gasteiger partial charge in [-0.05, 0) is 40.2 Å². The summed E-state index contributed by atoms with van der Waals surface area (Å²) in [4.78, 5) is 0. The molecule has 0 radical (unpaired) electrons. The Morgan fingerprint density at radius 1 is 1.11 bits per heavy atom. The predicted octanol–water partition coefficient (Wildman–Crippen LogP) is 3.66. The Bertz CT molecular complexity index is 601. The van der Waals surface area contributed by atoms with Gasteiger partial charge in [0.15, 0.2) is 0 Å². The van der Waals surface area contributed by atoms with Crippen LogP contribution in [0.15, 0.2) is 46.9 Å². The molecule has 2 aromatic rings. The van der Waals surface area contributed by atoms with Crippen molar-refractivity contribution >= 4 is 21.8 Å². The van der Waals surface area contributed by atoms with Crippen LogP contribution in [0.4, 0.5) is 4.39 Å². The number of nitrogens with two attached hydrogens (primary N) is 1. The third-order valence-electron chi connectivity index (χ3n) is 2.30. The minimum Gasteiger partial charge on any atom is -0.455 e. The molecule has 0 unspecified atom stereocenters. The molecular formula is C13H10BrFN2O. The molecule has 0 fully saturated rings. The molecule has 2 rings (SSSR count). The molecular weight excluding hydrogens is 299 g/mol. The van der Waals surface area contributed by atoms with Crippen LogP contribution in [0.5, 0.6) is 11.5 Å². The number of nitrogens with one attached hydrogen (secondary N) is 1. The molecule has 3 N–H and O–H groups in total. The van der Waals surface area contributed by atoms with Gasteiger partial charge in [-0.2, -0.15) is 0 Å². The molecule has 3 nitrogen and oxygen atoms in total. The van der Waals surface area contributed by atoms with Crippen LogP contribution in [0.25, 0.3) is 0 Å². The second kappa shape index (κ2) is 5.18. The SMILES string of the molecule is N=C(N)c1c(F)cccc1Oc1ccccc1Br. The summed E-state index contributed by atoms with van der Waals surface area (Å²) in [7, 11) is 0. The van der Waals surface area contributed by atoms with E-state index in [1.807, 2.05) is 12.1 Å². The third-order valence-corrected chi connectivity index (χ3v) is 2.96. The maximum atomic E-state index is 13.6. The van der Waals surface area contributed by atoms with Gasteiger partial charge in [-0.1, -0.05) is 18.2 Å². The summed E-state index contributed by atoms with van der Waals surface area (Å²) in [5.74, 6) is -0.192. The summed E-state index contributed by atoms with van der Waals surface area (Å²) in [6.07, 6.45) is 0. The minimum absolute atomic E-state index is 0.0340. The lowest BCUT2D eigenvalue weighted by atomic mass is 10.1. The molecule has 0 aliphatic carbocycles. The van der Waals surface area contributed by atoms with Crippen LogP contribution < -0.4 is 10.5 Å². The first-order valence-electron chi connectivity index (χ1n) is 5.15. The zero-order chi connectivity index (χ0) is 13.1. The van der Waals surface area contributed by atoms with Gasteiger partial charge in [0, 0.05) is 0 Å². The van der Waals surface area contributed by atoms with Crippen LogP contribution in [0.3, 0.4) is 0 Å². The number of hydrogen-bond acceptors (Lipinski definition) is 2. The molecule has 0 aromatic heterocycles. The van der Waals surface area contributed by atoms with Gasteiger partial charge in [-0.25, -0.2) is 4.39 Å². The first kappa shape index (κ1) is 12.6. The van der Waals surface area contributed by atoms with E-state index in [9.17, 15) is 4.39 Å². The Hall–Kier alpha value is -1.88. The molecule has 92 valence electrons. The van der Waals surface area contributed by atoms with Crippen molar-refractivity contribution in [2.24, 2.45) is 5.73 Å². The second-order valence-electron chi connectivity index (χ2n) is 3.56. The third kappa shape index (κ3) is 2.51. The van der Waals surface area contributed by atoms with Gasteiger partial charge < -0.3 is 10.5 Å². The van der Waals surface area contributed by atoms with Crippen molar-refractivity contribution in [3.63, 3.8) is 0 Å². The number of ether oxygens (including phenoxy) is 1. The van der Waals surface area contributed by atoms with Crippen molar-refractivity contribution in [3.05, 3.63) is 58.3 Å². The molecule has 2 aromatic carbocycles. The lowest BCUT2D eigenvalue weighted by molar-refractivity contribution is 0.472. The molecule has 5 heteroatoms. The predicted molar refractivity (Wildman–Crippen MR) is 71.6 cm³/mol. The smallest absolute Gasteiger partial charge is 0.141 e. The van der Waals surface area contributed by atoms with Crippen molar-refractivity contribution in [2.75, 3.05) is 0 Å². The quantitative estimate of drug-likeness (QED) is 0.671. The average molecular weight is 309 g/mol. The van der Waals surface area contributed by atoms with Gasteiger partial charge in [-0.3, -0.25) is 5.41 Å². The van der Waals surface area contributed by atoms with Crippen LogP contribution in [0.2, 0.25) is 0 Å². The Labute approximate surface area is 112 Å². The number of amidine groups is 1. The van der Waals surface area contributed by atoms with Gasteiger partial charge >= 0.3 is 0 Å². The number of benzene rings is 2. The fourth-order valence-corrected chi connectivity index (χ4v) is 1.86. The molecule has 0 aliphatic heterocycles. The highest BCUT2D eigenvalue weighted by Gasteiger charge is 2.13. The number of rotatable bonds is 3. The van der Waals surface area contributed by atoms with Gasteiger partial charge in [0.05, 0.1) is 10.0 Å². The zero-order valence-corrected chi connectivity index (χ0v) is 10.9. The number of para-hydroxylation sites is 1. The van der Waals surface area contributed by atoms with Gasteiger partial charge in [-0.15, -0.1) is 0 Å². The zero-order valence-electron chi connectivity index (χ0n) is 9.28. The Kier molecular flexibility index (Phi) is 3.62. The van der Waals surface area contributed by atoms with Crippen LogP contribution in [0.1, 0.15) is 5.56 Å². The summed E-state index contributed by atoms with van der Waals surface area (Å²) in [5.41, 5.74) is 5.32. The number of nitrogen functional groups attached to an aromatic ring is 1. The van der Waals surface area contributed by atoms with Gasteiger partial charge in [0.25, 0.3) is 0 Å². The minimum atomic E-state index is -0.577. The Morgan fingerprint density at radius 3 is 2.44 bits per heavy atom. The average Bonchev–Trinajstić information content (AvgIpc) is 2.31. The highest BCUT2D eigenvalue weighted by molar-refractivity contribution is 9.10. The van der Waals surface area contributed by atoms with Crippen LogP contribution >= 0.6 is 15.9 Å².